The maximum atomic E-state index is 5.45. The Balaban J connectivity index is 1.49. The predicted octanol–water partition coefficient (Wildman–Crippen LogP) is 6.64. The van der Waals surface area contributed by atoms with Crippen LogP contribution < -0.4 is 14.8 Å². The molecule has 0 aliphatic heterocycles. The van der Waals surface area contributed by atoms with Crippen LogP contribution in [0.3, 0.4) is 0 Å². The van der Waals surface area contributed by atoms with Gasteiger partial charge in [-0.2, -0.15) is 0 Å². The van der Waals surface area contributed by atoms with Crippen molar-refractivity contribution >= 4 is 56.2 Å². The summed E-state index contributed by atoms with van der Waals surface area (Å²) in [6.07, 6.45) is 0. The summed E-state index contributed by atoms with van der Waals surface area (Å²) >= 11 is 7.02. The van der Waals surface area contributed by atoms with Crippen LogP contribution in [-0.2, 0) is 0 Å². The van der Waals surface area contributed by atoms with Gasteiger partial charge < -0.3 is 19.8 Å². The fourth-order valence-corrected chi connectivity index (χ4v) is 4.84. The molecule has 6 nitrogen and oxygen atoms in total. The smallest absolute Gasteiger partial charge is 0.199 e. The molecule has 2 N–H and O–H groups in total. The van der Waals surface area contributed by atoms with Crippen LogP contribution in [0.5, 0.6) is 11.5 Å². The summed E-state index contributed by atoms with van der Waals surface area (Å²) in [5, 5.41) is 5.23. The molecule has 0 saturated carbocycles. The molecule has 2 heterocycles. The topological polar surface area (TPSA) is 72.1 Å². The number of thiazole rings is 1. The third-order valence-electron chi connectivity index (χ3n) is 5.17. The van der Waals surface area contributed by atoms with Gasteiger partial charge in [-0.05, 0) is 67.2 Å². The van der Waals surface area contributed by atoms with Gasteiger partial charge in [0.15, 0.2) is 16.3 Å². The molecule has 0 aliphatic rings. The molecule has 0 amide bonds. The van der Waals surface area contributed by atoms with Crippen molar-refractivity contribution in [2.45, 2.75) is 6.92 Å². The number of fused-ring (bicyclic) bond motifs is 2. The highest BCUT2D eigenvalue weighted by molar-refractivity contribution is 7.71. The second kappa shape index (κ2) is 8.22. The molecule has 3 aromatic carbocycles. The Labute approximate surface area is 193 Å². The molecule has 0 unspecified atom stereocenters. The molecule has 5 aromatic rings. The Morgan fingerprint density at radius 2 is 1.69 bits per heavy atom. The summed E-state index contributed by atoms with van der Waals surface area (Å²) in [5.74, 6) is 1.89. The highest BCUT2D eigenvalue weighted by atomic mass is 32.1. The van der Waals surface area contributed by atoms with Gasteiger partial charge in [-0.25, -0.2) is 9.97 Å². The van der Waals surface area contributed by atoms with Crippen molar-refractivity contribution in [3.63, 3.8) is 0 Å². The van der Waals surface area contributed by atoms with Crippen molar-refractivity contribution in [2.75, 3.05) is 19.5 Å². The number of anilines is 2. The zero-order chi connectivity index (χ0) is 22.2. The van der Waals surface area contributed by atoms with Gasteiger partial charge in [0.1, 0.15) is 10.8 Å². The Morgan fingerprint density at radius 1 is 0.938 bits per heavy atom. The van der Waals surface area contributed by atoms with Crippen LogP contribution in [-0.4, -0.2) is 29.2 Å². The second-order valence-corrected chi connectivity index (χ2v) is 8.75. The summed E-state index contributed by atoms with van der Waals surface area (Å²) in [6, 6.07) is 18.2. The van der Waals surface area contributed by atoms with Gasteiger partial charge >= 0.3 is 0 Å². The standard InChI is InChI=1S/C24H20N4O2S2/c1-13-4-9-17-21(10-13)32-23(26-17)14-5-7-15(8-6-14)25-22-16-11-19(29-2)20(30-3)12-18(16)27-24(31)28-22/h4-12H,1-3H3,(H2,25,27,28,31). The van der Waals surface area contributed by atoms with E-state index in [1.54, 1.807) is 25.6 Å². The van der Waals surface area contributed by atoms with Crippen molar-refractivity contribution in [1.82, 2.24) is 15.0 Å². The van der Waals surface area contributed by atoms with E-state index in [2.05, 4.69) is 52.5 Å². The fourth-order valence-electron chi connectivity index (χ4n) is 3.57. The van der Waals surface area contributed by atoms with Crippen LogP contribution >= 0.6 is 23.6 Å². The number of ether oxygens (including phenoxy) is 2. The summed E-state index contributed by atoms with van der Waals surface area (Å²) in [7, 11) is 3.21. The number of aromatic nitrogens is 3. The van der Waals surface area contributed by atoms with Gasteiger partial charge in [0.25, 0.3) is 0 Å². The lowest BCUT2D eigenvalue weighted by Crippen LogP contribution is -1.99. The van der Waals surface area contributed by atoms with Crippen LogP contribution in [0.1, 0.15) is 5.56 Å². The molecule has 0 saturated heterocycles. The molecule has 0 aliphatic carbocycles. The summed E-state index contributed by atoms with van der Waals surface area (Å²) in [5.41, 5.74) is 5.05. The zero-order valence-electron chi connectivity index (χ0n) is 17.7. The first-order chi connectivity index (χ1) is 15.5. The van der Waals surface area contributed by atoms with E-state index >= 15 is 0 Å². The van der Waals surface area contributed by atoms with Crippen LogP contribution in [0, 0.1) is 11.7 Å². The number of methoxy groups -OCH3 is 2. The van der Waals surface area contributed by atoms with E-state index < -0.39 is 0 Å². The number of H-pyrrole nitrogens is 1. The molecule has 0 bridgehead atoms. The molecular formula is C24H20N4O2S2. The Morgan fingerprint density at radius 3 is 2.44 bits per heavy atom. The van der Waals surface area contributed by atoms with E-state index in [1.165, 1.54) is 10.3 Å². The van der Waals surface area contributed by atoms with Crippen LogP contribution in [0.4, 0.5) is 11.5 Å². The Bertz CT molecular complexity index is 1510. The molecule has 8 heteroatoms. The number of aromatic amines is 1. The lowest BCUT2D eigenvalue weighted by atomic mass is 10.2. The molecule has 2 aromatic heterocycles. The maximum Gasteiger partial charge on any atom is 0.199 e. The summed E-state index contributed by atoms with van der Waals surface area (Å²) < 4.78 is 12.4. The molecule has 0 fully saturated rings. The average Bonchev–Trinajstić information content (AvgIpc) is 3.21. The van der Waals surface area contributed by atoms with E-state index in [0.29, 0.717) is 22.1 Å². The molecule has 0 radical (unpaired) electrons. The normalized spacial score (nSPS) is 11.1. The zero-order valence-corrected chi connectivity index (χ0v) is 19.4. The van der Waals surface area contributed by atoms with Crippen molar-refractivity contribution in [2.24, 2.45) is 0 Å². The second-order valence-electron chi connectivity index (χ2n) is 7.34. The average molecular weight is 461 g/mol. The number of rotatable bonds is 5. The first-order valence-corrected chi connectivity index (χ1v) is 11.2. The number of aryl methyl sites for hydroxylation is 1. The molecule has 160 valence electrons. The van der Waals surface area contributed by atoms with Gasteiger partial charge in [0, 0.05) is 22.7 Å². The lowest BCUT2D eigenvalue weighted by Gasteiger charge is -2.13. The van der Waals surface area contributed by atoms with Crippen LogP contribution in [0.15, 0.2) is 54.6 Å². The largest absolute Gasteiger partial charge is 0.493 e. The first-order valence-electron chi connectivity index (χ1n) is 9.95. The van der Waals surface area contributed by atoms with Gasteiger partial charge in [-0.15, -0.1) is 11.3 Å². The Kier molecular flexibility index (Phi) is 5.24. The maximum absolute atomic E-state index is 5.45. The summed E-state index contributed by atoms with van der Waals surface area (Å²) in [6.45, 7) is 2.10. The van der Waals surface area contributed by atoms with Gasteiger partial charge in [0.2, 0.25) is 0 Å². The molecular weight excluding hydrogens is 440 g/mol. The highest BCUT2D eigenvalue weighted by Crippen LogP contribution is 2.35. The van der Waals surface area contributed by atoms with Gasteiger partial charge in [0.05, 0.1) is 30.0 Å². The highest BCUT2D eigenvalue weighted by Gasteiger charge is 2.12. The van der Waals surface area contributed by atoms with Crippen LogP contribution in [0.2, 0.25) is 0 Å². The minimum absolute atomic E-state index is 0.383. The van der Waals surface area contributed by atoms with E-state index in [0.717, 1.165) is 32.7 Å². The number of nitrogens with zero attached hydrogens (tertiary/aromatic N) is 2. The van der Waals surface area contributed by atoms with Crippen molar-refractivity contribution in [3.05, 3.63) is 64.9 Å². The monoisotopic (exact) mass is 460 g/mol. The predicted molar refractivity (Wildman–Crippen MR) is 133 cm³/mol. The number of hydrogen-bond acceptors (Lipinski definition) is 7. The summed E-state index contributed by atoms with van der Waals surface area (Å²) in [4.78, 5) is 12.4. The third-order valence-corrected chi connectivity index (χ3v) is 6.43. The minimum Gasteiger partial charge on any atom is -0.493 e. The van der Waals surface area contributed by atoms with Crippen molar-refractivity contribution in [1.29, 1.82) is 0 Å². The van der Waals surface area contributed by atoms with Gasteiger partial charge in [-0.3, -0.25) is 0 Å². The SMILES string of the molecule is COc1cc2[nH]c(=S)nc(Nc3ccc(-c4nc5ccc(C)cc5s4)cc3)c2cc1OC. The lowest BCUT2D eigenvalue weighted by molar-refractivity contribution is 0.356. The van der Waals surface area contributed by atoms with E-state index in [4.69, 9.17) is 26.7 Å². The quantitative estimate of drug-likeness (QED) is 0.287. The molecule has 0 atom stereocenters. The van der Waals surface area contributed by atoms with E-state index in [9.17, 15) is 0 Å². The third kappa shape index (κ3) is 3.79. The molecule has 0 spiro atoms. The van der Waals surface area contributed by atoms with Crippen LogP contribution in [0.25, 0.3) is 31.7 Å². The number of benzene rings is 3. The fraction of sp³-hybridized carbons (Fsp3) is 0.125. The molecule has 32 heavy (non-hydrogen) atoms. The molecule has 5 rings (SSSR count). The number of hydrogen-bond donors (Lipinski definition) is 2. The Hall–Kier alpha value is -3.49. The van der Waals surface area contributed by atoms with Gasteiger partial charge in [-0.1, -0.05) is 6.07 Å². The van der Waals surface area contributed by atoms with Crippen molar-refractivity contribution in [3.8, 4) is 22.1 Å². The first kappa shape index (κ1) is 20.4. The van der Waals surface area contributed by atoms with E-state index in [-0.39, 0.29) is 0 Å². The number of nitrogens with one attached hydrogen (secondary N) is 2. The minimum atomic E-state index is 0.383. The van der Waals surface area contributed by atoms with Crippen molar-refractivity contribution < 1.29 is 9.47 Å². The van der Waals surface area contributed by atoms with E-state index in [1.807, 2.05) is 24.3 Å².